The molecule has 0 saturated carbocycles. The highest BCUT2D eigenvalue weighted by Gasteiger charge is 2.41. The summed E-state index contributed by atoms with van der Waals surface area (Å²) in [6.07, 6.45) is 6.44. The Labute approximate surface area is 452 Å². The van der Waals surface area contributed by atoms with Gasteiger partial charge in [-0.25, -0.2) is 0 Å². The number of aromatic nitrogens is 1. The van der Waals surface area contributed by atoms with Gasteiger partial charge in [0.1, 0.15) is 48.3 Å². The van der Waals surface area contributed by atoms with Crippen molar-refractivity contribution >= 4 is 80.7 Å². The topological polar surface area (TPSA) is 257 Å². The lowest BCUT2D eigenvalue weighted by molar-refractivity contribution is -0.142. The maximum atomic E-state index is 15.0. The average Bonchev–Trinajstić information content (AvgIpc) is 4.07. The van der Waals surface area contributed by atoms with Crippen LogP contribution in [0.25, 0.3) is 10.9 Å². The standard InChI is InChI=1S/C56H75N9O9S2/c1-7-35(4)48-55(72)58-41(24-27-75-5)49(66)60-43(29-34(2)3)50(67)59-42(25-28-76(6)74)56(73)65-26-16-23-47(65)54(71)63-45(31-37-19-12-9-13-20-37)52(69)61-44(30-36-17-10-8-11-18-36)51(68)62-46(53(70)64-48)32-38-33-57-40-22-15-14-21-39(38)40/h8-15,17-22,33-35,41-48,57H,7,16,23-32H2,1-6H3,(H,58,72)(H,59,67)(H,60,66)(H,61,69)(H,62,68)(H,63,71)(H,64,70)/t35-,41-,42-,43-,44-,45-,46-,47-,48-,76?/m0/s1. The number of fused-ring (bicyclic) bond motifs is 2. The van der Waals surface area contributed by atoms with Crippen LogP contribution >= 0.6 is 11.8 Å². The number of hydrogen-bond acceptors (Lipinski definition) is 10. The zero-order valence-electron chi connectivity index (χ0n) is 44.4. The molecule has 0 radical (unpaired) electrons. The SMILES string of the molecule is CC[C@H](C)[C@@H]1NC(=O)[C@H](Cc2c[nH]c3ccccc23)NC(=O)[C@H](Cc2ccccc2)NC(=O)[C@H](Cc2ccccc2)NC(=O)[C@@H]2CCCN2C(=O)[C@H](CCS(C)=O)NC(=O)[C@H](CC(C)C)NC(=O)[C@H](CCSC)NC1=O. The monoisotopic (exact) mass is 1080 g/mol. The van der Waals surface area contributed by atoms with E-state index in [0.717, 1.165) is 10.9 Å². The molecule has 76 heavy (non-hydrogen) atoms. The quantitative estimate of drug-likeness (QED) is 0.0813. The molecule has 0 spiro atoms. The van der Waals surface area contributed by atoms with Crippen molar-refractivity contribution in [1.82, 2.24) is 47.1 Å². The van der Waals surface area contributed by atoms with Crippen molar-refractivity contribution in [2.45, 2.75) is 134 Å². The summed E-state index contributed by atoms with van der Waals surface area (Å²) in [5.41, 5.74) is 2.88. The largest absolute Gasteiger partial charge is 0.361 e. The minimum Gasteiger partial charge on any atom is -0.361 e. The number of thioether (sulfide) groups is 1. The smallest absolute Gasteiger partial charge is 0.245 e. The van der Waals surface area contributed by atoms with Crippen LogP contribution in [0.15, 0.2) is 91.1 Å². The van der Waals surface area contributed by atoms with E-state index in [2.05, 4.69) is 42.2 Å². The molecule has 3 heterocycles. The maximum Gasteiger partial charge on any atom is 0.245 e. The first-order chi connectivity index (χ1) is 36.5. The summed E-state index contributed by atoms with van der Waals surface area (Å²) in [5.74, 6) is -5.40. The molecule has 3 aromatic carbocycles. The van der Waals surface area contributed by atoms with Gasteiger partial charge in [-0.05, 0) is 78.7 Å². The van der Waals surface area contributed by atoms with Crippen LogP contribution < -0.4 is 37.2 Å². The predicted molar refractivity (Wildman–Crippen MR) is 296 cm³/mol. The fourth-order valence-electron chi connectivity index (χ4n) is 9.67. The number of carbonyl (C=O) groups is 8. The van der Waals surface area contributed by atoms with Crippen molar-refractivity contribution in [3.63, 3.8) is 0 Å². The maximum absolute atomic E-state index is 15.0. The minimum atomic E-state index is -1.37. The van der Waals surface area contributed by atoms with Crippen LogP contribution in [-0.4, -0.2) is 140 Å². The van der Waals surface area contributed by atoms with Gasteiger partial charge in [0.25, 0.3) is 0 Å². The van der Waals surface area contributed by atoms with Crippen LogP contribution in [0.5, 0.6) is 0 Å². The first kappa shape index (κ1) is 58.7. The minimum absolute atomic E-state index is 0.00547. The molecule has 8 N–H and O–H groups in total. The Morgan fingerprint density at radius 1 is 0.605 bits per heavy atom. The summed E-state index contributed by atoms with van der Waals surface area (Å²) in [7, 11) is -1.37. The lowest BCUT2D eigenvalue weighted by Crippen LogP contribution is -2.62. The molecule has 2 aliphatic heterocycles. The molecular weight excluding hydrogens is 1010 g/mol. The van der Waals surface area contributed by atoms with Crippen molar-refractivity contribution in [2.75, 3.05) is 30.6 Å². The van der Waals surface area contributed by atoms with E-state index in [9.17, 15) is 42.6 Å². The van der Waals surface area contributed by atoms with Crippen LogP contribution in [-0.2, 0) is 68.4 Å². The fourth-order valence-corrected chi connectivity index (χ4v) is 10.7. The summed E-state index contributed by atoms with van der Waals surface area (Å²) in [6.45, 7) is 7.55. The number of amides is 8. The van der Waals surface area contributed by atoms with Gasteiger partial charge in [0, 0.05) is 65.7 Å². The third-order valence-electron chi connectivity index (χ3n) is 14.1. The van der Waals surface area contributed by atoms with E-state index in [-0.39, 0.29) is 63.2 Å². The molecule has 8 amide bonds. The third kappa shape index (κ3) is 16.5. The molecule has 0 aliphatic carbocycles. The molecule has 2 aliphatic rings. The lowest BCUT2D eigenvalue weighted by Gasteiger charge is -2.32. The Morgan fingerprint density at radius 3 is 1.71 bits per heavy atom. The number of nitrogens with zero attached hydrogens (tertiary/aromatic N) is 1. The number of rotatable bonds is 16. The number of carbonyl (C=O) groups excluding carboxylic acids is 8. The number of benzene rings is 3. The Morgan fingerprint density at radius 2 is 1.12 bits per heavy atom. The molecule has 1 aromatic heterocycles. The molecule has 18 nitrogen and oxygen atoms in total. The first-order valence-corrected chi connectivity index (χ1v) is 29.4. The van der Waals surface area contributed by atoms with Crippen LogP contribution in [0.1, 0.15) is 82.9 Å². The van der Waals surface area contributed by atoms with Gasteiger partial charge in [-0.1, -0.05) is 113 Å². The summed E-state index contributed by atoms with van der Waals surface area (Å²) >= 11 is 1.45. The van der Waals surface area contributed by atoms with E-state index in [1.165, 1.54) is 22.9 Å². The average molecular weight is 1080 g/mol. The van der Waals surface area contributed by atoms with E-state index in [1.807, 2.05) is 63.4 Å². The summed E-state index contributed by atoms with van der Waals surface area (Å²) < 4.78 is 12.5. The van der Waals surface area contributed by atoms with Crippen molar-refractivity contribution in [3.05, 3.63) is 108 Å². The van der Waals surface area contributed by atoms with E-state index in [1.54, 1.807) is 61.7 Å². The third-order valence-corrected chi connectivity index (χ3v) is 15.5. The number of para-hydroxylation sites is 1. The Bertz CT molecular complexity index is 2670. The second-order valence-electron chi connectivity index (χ2n) is 20.3. The second kappa shape index (κ2) is 28.6. The number of H-pyrrole nitrogens is 1. The molecule has 1 unspecified atom stereocenters. The number of aromatic amines is 1. The lowest BCUT2D eigenvalue weighted by atomic mass is 9.96. The molecule has 6 rings (SSSR count). The van der Waals surface area contributed by atoms with Crippen LogP contribution in [0.4, 0.5) is 0 Å². The van der Waals surface area contributed by atoms with Gasteiger partial charge in [0.05, 0.1) is 0 Å². The summed E-state index contributed by atoms with van der Waals surface area (Å²) in [6, 6.07) is 15.8. The van der Waals surface area contributed by atoms with E-state index in [0.29, 0.717) is 35.3 Å². The van der Waals surface area contributed by atoms with E-state index < -0.39 is 112 Å². The van der Waals surface area contributed by atoms with Gasteiger partial charge >= 0.3 is 0 Å². The van der Waals surface area contributed by atoms with Gasteiger partial charge in [0.2, 0.25) is 47.3 Å². The molecule has 10 atom stereocenters. The van der Waals surface area contributed by atoms with Crippen LogP contribution in [0.2, 0.25) is 0 Å². The highest BCUT2D eigenvalue weighted by atomic mass is 32.2. The van der Waals surface area contributed by atoms with Gasteiger partial charge in [-0.15, -0.1) is 0 Å². The predicted octanol–water partition coefficient (Wildman–Crippen LogP) is 3.21. The van der Waals surface area contributed by atoms with E-state index >= 15 is 0 Å². The summed E-state index contributed by atoms with van der Waals surface area (Å²) in [5, 5.41) is 21.0. The second-order valence-corrected chi connectivity index (χ2v) is 22.9. The molecule has 2 fully saturated rings. The van der Waals surface area contributed by atoms with E-state index in [4.69, 9.17) is 0 Å². The van der Waals surface area contributed by atoms with Crippen molar-refractivity contribution in [3.8, 4) is 0 Å². The highest BCUT2D eigenvalue weighted by molar-refractivity contribution is 7.98. The van der Waals surface area contributed by atoms with Gasteiger partial charge in [0.15, 0.2) is 0 Å². The zero-order valence-corrected chi connectivity index (χ0v) is 46.0. The van der Waals surface area contributed by atoms with Crippen LogP contribution in [0, 0.1) is 11.8 Å². The number of hydrogen-bond donors (Lipinski definition) is 8. The van der Waals surface area contributed by atoms with Gasteiger partial charge in [-0.3, -0.25) is 42.6 Å². The first-order valence-electron chi connectivity index (χ1n) is 26.3. The Balaban J connectivity index is 1.45. The van der Waals surface area contributed by atoms with Crippen molar-refractivity contribution < 1.29 is 42.6 Å². The molecule has 20 heteroatoms. The molecule has 4 aromatic rings. The molecule has 2 saturated heterocycles. The van der Waals surface area contributed by atoms with Crippen molar-refractivity contribution in [1.29, 1.82) is 0 Å². The normalized spacial score (nSPS) is 24.8. The van der Waals surface area contributed by atoms with Crippen LogP contribution in [0.3, 0.4) is 0 Å². The zero-order chi connectivity index (χ0) is 54.9. The Hall–Kier alpha value is -6.54. The molecular formula is C56H75N9O9S2. The highest BCUT2D eigenvalue weighted by Crippen LogP contribution is 2.23. The Kier molecular flexibility index (Phi) is 22.1. The van der Waals surface area contributed by atoms with Crippen molar-refractivity contribution in [2.24, 2.45) is 11.8 Å². The number of nitrogens with one attached hydrogen (secondary N) is 8. The molecule has 410 valence electrons. The van der Waals surface area contributed by atoms with Gasteiger partial charge < -0.3 is 47.1 Å². The molecule has 0 bridgehead atoms. The van der Waals surface area contributed by atoms with Gasteiger partial charge in [-0.2, -0.15) is 11.8 Å². The fraction of sp³-hybridized carbons (Fsp3) is 0.500. The summed E-state index contributed by atoms with van der Waals surface area (Å²) in [4.78, 5) is 122.